The summed E-state index contributed by atoms with van der Waals surface area (Å²) < 4.78 is 32.1. The van der Waals surface area contributed by atoms with E-state index in [-0.39, 0.29) is 30.7 Å². The lowest BCUT2D eigenvalue weighted by Crippen LogP contribution is -2.35. The number of hydrogen-bond acceptors (Lipinski definition) is 5. The molecule has 2 aliphatic heterocycles. The number of alkyl carbamates (subject to hydrolysis) is 1. The molecule has 0 bridgehead atoms. The van der Waals surface area contributed by atoms with Crippen molar-refractivity contribution >= 4 is 27.5 Å². The van der Waals surface area contributed by atoms with Crippen molar-refractivity contribution in [2.75, 3.05) is 13.1 Å². The van der Waals surface area contributed by atoms with E-state index >= 15 is 0 Å². The van der Waals surface area contributed by atoms with E-state index in [4.69, 9.17) is 4.74 Å². The molecule has 1 aromatic rings. The van der Waals surface area contributed by atoms with Crippen LogP contribution in [-0.4, -0.2) is 44.1 Å². The van der Waals surface area contributed by atoms with E-state index < -0.39 is 16.1 Å². The largest absolute Gasteiger partial charge is 0.443 e. The topological polar surface area (TPSA) is 75.7 Å². The van der Waals surface area contributed by atoms with Gasteiger partial charge in [0.1, 0.15) is 10.3 Å². The Bertz CT molecular complexity index is 659. The Morgan fingerprint density at radius 1 is 1.33 bits per heavy atom. The maximum atomic E-state index is 12.7. The van der Waals surface area contributed by atoms with Crippen molar-refractivity contribution < 1.29 is 17.9 Å². The highest BCUT2D eigenvalue weighted by atomic mass is 32.2. The lowest BCUT2D eigenvalue weighted by molar-refractivity contribution is 0.138. The second-order valence-electron chi connectivity index (χ2n) is 6.39. The fourth-order valence-electron chi connectivity index (χ4n) is 2.51. The van der Waals surface area contributed by atoms with Gasteiger partial charge in [-0.2, -0.15) is 4.31 Å². The summed E-state index contributed by atoms with van der Waals surface area (Å²) in [5, 5.41) is 2.63. The average molecular weight is 330 g/mol. The number of carbonyl (C=O) groups excluding carboxylic acids is 1. The van der Waals surface area contributed by atoms with Crippen LogP contribution in [0.2, 0.25) is 0 Å². The predicted octanol–water partition coefficient (Wildman–Crippen LogP) is 1.53. The van der Waals surface area contributed by atoms with Crippen molar-refractivity contribution in [1.29, 1.82) is 0 Å². The number of nitrogens with one attached hydrogen (secondary N) is 1. The minimum Gasteiger partial charge on any atom is -0.443 e. The maximum Gasteiger partial charge on any atom is 0.407 e. The molecule has 1 amide bonds. The van der Waals surface area contributed by atoms with E-state index in [0.717, 1.165) is 4.88 Å². The van der Waals surface area contributed by atoms with Crippen LogP contribution in [0, 0.1) is 0 Å². The van der Waals surface area contributed by atoms with Crippen molar-refractivity contribution in [2.24, 2.45) is 0 Å². The number of thiophene rings is 1. The standard InChI is InChI=1S/C13H18N2O4S2/c1-13(2,3)10-4-5-11(20-10)21(17,18)15-6-8-9(7-15)19-12(16)14-8/h4-5,8-9H,6-7H2,1-3H3,(H,14,16)/t8-,9+/m0/s1. The maximum absolute atomic E-state index is 12.7. The van der Waals surface area contributed by atoms with Gasteiger partial charge in [-0.05, 0) is 17.5 Å². The lowest BCUT2D eigenvalue weighted by atomic mass is 9.95. The number of hydrogen-bond donors (Lipinski definition) is 1. The van der Waals surface area contributed by atoms with Gasteiger partial charge in [0.2, 0.25) is 0 Å². The average Bonchev–Trinajstić information content (AvgIpc) is 2.98. The molecule has 0 aromatic carbocycles. The molecule has 0 unspecified atom stereocenters. The van der Waals surface area contributed by atoms with Crippen LogP contribution < -0.4 is 5.32 Å². The molecule has 0 radical (unpaired) electrons. The molecule has 0 saturated carbocycles. The molecule has 0 aliphatic carbocycles. The molecule has 21 heavy (non-hydrogen) atoms. The first-order valence-corrected chi connectivity index (χ1v) is 9.01. The van der Waals surface area contributed by atoms with Crippen LogP contribution >= 0.6 is 11.3 Å². The van der Waals surface area contributed by atoms with E-state index in [1.807, 2.05) is 6.07 Å². The summed E-state index contributed by atoms with van der Waals surface area (Å²) in [6.45, 7) is 6.65. The first-order valence-electron chi connectivity index (χ1n) is 6.75. The van der Waals surface area contributed by atoms with Gasteiger partial charge < -0.3 is 10.1 Å². The third-order valence-electron chi connectivity index (χ3n) is 3.71. The molecule has 2 saturated heterocycles. The van der Waals surface area contributed by atoms with Gasteiger partial charge in [0.25, 0.3) is 10.0 Å². The Hall–Kier alpha value is -1.12. The lowest BCUT2D eigenvalue weighted by Gasteiger charge is -2.17. The fraction of sp³-hybridized carbons (Fsp3) is 0.615. The van der Waals surface area contributed by atoms with E-state index in [1.165, 1.54) is 15.6 Å². The quantitative estimate of drug-likeness (QED) is 0.892. The van der Waals surface area contributed by atoms with Gasteiger partial charge in [-0.1, -0.05) is 20.8 Å². The van der Waals surface area contributed by atoms with Crippen LogP contribution in [0.1, 0.15) is 25.6 Å². The molecule has 1 aromatic heterocycles. The molecule has 2 fully saturated rings. The number of fused-ring (bicyclic) bond motifs is 1. The van der Waals surface area contributed by atoms with E-state index in [0.29, 0.717) is 4.21 Å². The normalized spacial score (nSPS) is 26.5. The number of rotatable bonds is 2. The van der Waals surface area contributed by atoms with Crippen molar-refractivity contribution in [3.05, 3.63) is 17.0 Å². The third kappa shape index (κ3) is 2.56. The molecule has 6 nitrogen and oxygen atoms in total. The molecule has 8 heteroatoms. The first-order chi connectivity index (χ1) is 9.68. The number of nitrogens with zero attached hydrogens (tertiary/aromatic N) is 1. The van der Waals surface area contributed by atoms with Crippen molar-refractivity contribution in [3.8, 4) is 0 Å². The van der Waals surface area contributed by atoms with Crippen LogP contribution in [0.25, 0.3) is 0 Å². The van der Waals surface area contributed by atoms with E-state index in [9.17, 15) is 13.2 Å². The molecule has 0 spiro atoms. The highest BCUT2D eigenvalue weighted by molar-refractivity contribution is 7.91. The summed E-state index contributed by atoms with van der Waals surface area (Å²) in [6.07, 6.45) is -0.845. The van der Waals surface area contributed by atoms with Gasteiger partial charge in [-0.15, -0.1) is 11.3 Å². The van der Waals surface area contributed by atoms with Crippen LogP contribution in [-0.2, 0) is 20.2 Å². The Morgan fingerprint density at radius 2 is 2.05 bits per heavy atom. The molecular formula is C13H18N2O4S2. The summed E-state index contributed by atoms with van der Waals surface area (Å²) in [7, 11) is -3.52. The highest BCUT2D eigenvalue weighted by Gasteiger charge is 2.46. The number of ether oxygens (including phenoxy) is 1. The molecular weight excluding hydrogens is 312 g/mol. The summed E-state index contributed by atoms with van der Waals surface area (Å²) >= 11 is 1.30. The zero-order valence-electron chi connectivity index (χ0n) is 12.1. The van der Waals surface area contributed by atoms with Crippen molar-refractivity contribution in [2.45, 2.75) is 42.5 Å². The number of sulfonamides is 1. The third-order valence-corrected chi connectivity index (χ3v) is 7.52. The molecule has 2 atom stereocenters. The van der Waals surface area contributed by atoms with Crippen LogP contribution in [0.3, 0.4) is 0 Å². The van der Waals surface area contributed by atoms with Crippen LogP contribution in [0.5, 0.6) is 0 Å². The summed E-state index contributed by atoms with van der Waals surface area (Å²) in [5.41, 5.74) is -0.0724. The minimum absolute atomic E-state index is 0.0724. The van der Waals surface area contributed by atoms with Crippen LogP contribution in [0.4, 0.5) is 4.79 Å². The first kappa shape index (κ1) is 14.8. The smallest absolute Gasteiger partial charge is 0.407 e. The Labute approximate surface area is 128 Å². The van der Waals surface area contributed by atoms with E-state index in [2.05, 4.69) is 26.1 Å². The SMILES string of the molecule is CC(C)(C)c1ccc(S(=O)(=O)N2C[C@@H]3NC(=O)O[C@@H]3C2)s1. The Balaban J connectivity index is 1.82. The molecule has 116 valence electrons. The zero-order chi connectivity index (χ0) is 15.4. The zero-order valence-corrected chi connectivity index (χ0v) is 13.8. The molecule has 3 heterocycles. The van der Waals surface area contributed by atoms with Gasteiger partial charge >= 0.3 is 6.09 Å². The highest BCUT2D eigenvalue weighted by Crippen LogP contribution is 2.34. The van der Waals surface area contributed by atoms with Crippen molar-refractivity contribution in [1.82, 2.24) is 9.62 Å². The van der Waals surface area contributed by atoms with Gasteiger partial charge in [-0.25, -0.2) is 13.2 Å². The Morgan fingerprint density at radius 3 is 2.62 bits per heavy atom. The summed E-state index contributed by atoms with van der Waals surface area (Å²) in [5.74, 6) is 0. The fourth-order valence-corrected chi connectivity index (χ4v) is 5.50. The second-order valence-corrected chi connectivity index (χ2v) is 9.63. The molecule has 2 aliphatic rings. The summed E-state index contributed by atoms with van der Waals surface area (Å²) in [4.78, 5) is 12.1. The number of carbonyl (C=O) groups is 1. The van der Waals surface area contributed by atoms with Crippen LogP contribution in [0.15, 0.2) is 16.3 Å². The van der Waals surface area contributed by atoms with Crippen molar-refractivity contribution in [3.63, 3.8) is 0 Å². The van der Waals surface area contributed by atoms with E-state index in [1.54, 1.807) is 6.07 Å². The van der Waals surface area contributed by atoms with Gasteiger partial charge in [-0.3, -0.25) is 0 Å². The van der Waals surface area contributed by atoms with Gasteiger partial charge in [0.05, 0.1) is 12.6 Å². The second kappa shape index (κ2) is 4.69. The summed E-state index contributed by atoms with van der Waals surface area (Å²) in [6, 6.07) is 3.29. The van der Waals surface area contributed by atoms with Gasteiger partial charge in [0, 0.05) is 11.4 Å². The minimum atomic E-state index is -3.52. The monoisotopic (exact) mass is 330 g/mol. The predicted molar refractivity (Wildman–Crippen MR) is 79.0 cm³/mol. The Kier molecular flexibility index (Phi) is 3.30. The number of amides is 1. The molecule has 1 N–H and O–H groups in total. The van der Waals surface area contributed by atoms with Gasteiger partial charge in [0.15, 0.2) is 0 Å². The molecule has 3 rings (SSSR count).